The fraction of sp³-hybridized carbons (Fsp3) is 0. The Labute approximate surface area is 226 Å². The molecular formula is C34H21O2S2+. The lowest BCUT2D eigenvalue weighted by molar-refractivity contribution is 0.108. The lowest BCUT2D eigenvalue weighted by Gasteiger charge is -2.06. The quantitative estimate of drug-likeness (QED) is 0.131. The van der Waals surface area contributed by atoms with E-state index in [9.17, 15) is 9.59 Å². The van der Waals surface area contributed by atoms with Gasteiger partial charge in [-0.05, 0) is 106 Å². The van der Waals surface area contributed by atoms with Crippen molar-refractivity contribution in [3.8, 4) is 4.90 Å². The highest BCUT2D eigenvalue weighted by atomic mass is 32.2. The van der Waals surface area contributed by atoms with Gasteiger partial charge in [0.25, 0.3) is 0 Å². The molecule has 1 aromatic heterocycles. The molecule has 0 spiro atoms. The normalized spacial score (nSPS) is 11.5. The van der Waals surface area contributed by atoms with Crippen LogP contribution in [0.15, 0.2) is 137 Å². The first-order valence-electron chi connectivity index (χ1n) is 12.4. The summed E-state index contributed by atoms with van der Waals surface area (Å²) >= 11 is 1.25. The standard InChI is InChI=1S/C34H21O2S2/c35-33-29-9-3-5-11-31(29)38(32-12-6-4-10-30(32)33)28-17-15-27(16-18-28)37-34(36)25-14-13-24-19-22-7-1-2-8-23(22)20-26(24)21-25/h1-21H/q+1. The molecule has 0 aliphatic carbocycles. The molecule has 0 aliphatic rings. The molecule has 0 N–H and O–H groups in total. The van der Waals surface area contributed by atoms with Gasteiger partial charge in [-0.2, -0.15) is 0 Å². The summed E-state index contributed by atoms with van der Waals surface area (Å²) in [5.41, 5.74) is 0.776. The first-order chi connectivity index (χ1) is 18.7. The first kappa shape index (κ1) is 22.9. The maximum atomic E-state index is 13.2. The highest BCUT2D eigenvalue weighted by Crippen LogP contribution is 2.43. The molecule has 0 saturated carbocycles. The number of thioether (sulfide) groups is 1. The molecule has 7 aromatic rings. The zero-order chi connectivity index (χ0) is 25.6. The molecule has 0 fully saturated rings. The molecule has 0 amide bonds. The molecule has 0 bridgehead atoms. The van der Waals surface area contributed by atoms with Gasteiger partial charge in [0, 0.05) is 20.9 Å². The van der Waals surface area contributed by atoms with Crippen LogP contribution in [-0.2, 0) is 0 Å². The molecule has 38 heavy (non-hydrogen) atoms. The summed E-state index contributed by atoms with van der Waals surface area (Å²) in [7, 11) is -0.378. The number of fused-ring (bicyclic) bond motifs is 4. The van der Waals surface area contributed by atoms with Crippen LogP contribution in [0.1, 0.15) is 10.4 Å². The smallest absolute Gasteiger partial charge is 0.224 e. The molecule has 2 nitrogen and oxygen atoms in total. The third kappa shape index (κ3) is 3.90. The Bertz CT molecular complexity index is 2030. The van der Waals surface area contributed by atoms with Gasteiger partial charge < -0.3 is 0 Å². The van der Waals surface area contributed by atoms with E-state index in [-0.39, 0.29) is 21.0 Å². The molecule has 6 aromatic carbocycles. The zero-order valence-corrected chi connectivity index (χ0v) is 21.9. The van der Waals surface area contributed by atoms with Crippen molar-refractivity contribution >= 4 is 69.1 Å². The number of rotatable bonds is 3. The van der Waals surface area contributed by atoms with Gasteiger partial charge in [-0.25, -0.2) is 0 Å². The molecule has 1 heterocycles. The summed E-state index contributed by atoms with van der Waals surface area (Å²) in [6, 6.07) is 42.5. The fourth-order valence-corrected chi connectivity index (χ4v) is 8.13. The number of hydrogen-bond donors (Lipinski definition) is 0. The number of benzene rings is 6. The Balaban J connectivity index is 1.23. The Hall–Kier alpha value is -4.25. The second-order valence-corrected chi connectivity index (χ2v) is 12.3. The molecule has 0 radical (unpaired) electrons. The molecule has 0 unspecified atom stereocenters. The summed E-state index contributed by atoms with van der Waals surface area (Å²) in [6.07, 6.45) is 0. The van der Waals surface area contributed by atoms with E-state index in [1.165, 1.54) is 22.5 Å². The van der Waals surface area contributed by atoms with Crippen molar-refractivity contribution in [1.29, 1.82) is 0 Å². The van der Waals surface area contributed by atoms with Crippen molar-refractivity contribution in [3.63, 3.8) is 0 Å². The molecule has 180 valence electrons. The van der Waals surface area contributed by atoms with Gasteiger partial charge >= 0.3 is 0 Å². The second-order valence-electron chi connectivity index (χ2n) is 9.25. The van der Waals surface area contributed by atoms with E-state index in [0.29, 0.717) is 5.56 Å². The molecule has 0 aliphatic heterocycles. The third-order valence-electron chi connectivity index (χ3n) is 6.91. The van der Waals surface area contributed by atoms with E-state index < -0.39 is 0 Å². The van der Waals surface area contributed by atoms with Crippen molar-refractivity contribution in [2.24, 2.45) is 0 Å². The lowest BCUT2D eigenvalue weighted by Crippen LogP contribution is -2.01. The molecule has 0 saturated heterocycles. The van der Waals surface area contributed by atoms with Crippen LogP contribution in [0.5, 0.6) is 0 Å². The largest absolute Gasteiger partial charge is 0.288 e. The Morgan fingerprint density at radius 1 is 0.553 bits per heavy atom. The highest BCUT2D eigenvalue weighted by Gasteiger charge is 2.22. The van der Waals surface area contributed by atoms with E-state index >= 15 is 0 Å². The summed E-state index contributed by atoms with van der Waals surface area (Å²) in [6.45, 7) is 0. The summed E-state index contributed by atoms with van der Waals surface area (Å²) < 4.78 is 2.10. The highest BCUT2D eigenvalue weighted by molar-refractivity contribution is 8.14. The van der Waals surface area contributed by atoms with Gasteiger partial charge in [-0.3, -0.25) is 9.59 Å². The van der Waals surface area contributed by atoms with Gasteiger partial charge in [-0.15, -0.1) is 0 Å². The minimum Gasteiger partial charge on any atom is -0.288 e. The average molecular weight is 526 g/mol. The predicted molar refractivity (Wildman–Crippen MR) is 163 cm³/mol. The van der Waals surface area contributed by atoms with Crippen LogP contribution in [0.3, 0.4) is 0 Å². The van der Waals surface area contributed by atoms with Crippen LogP contribution in [0.2, 0.25) is 0 Å². The molecule has 0 atom stereocenters. The monoisotopic (exact) mass is 525 g/mol. The van der Waals surface area contributed by atoms with Crippen molar-refractivity contribution in [1.82, 2.24) is 0 Å². The van der Waals surface area contributed by atoms with Gasteiger partial charge in [-0.1, -0.05) is 54.6 Å². The van der Waals surface area contributed by atoms with Crippen LogP contribution in [0.4, 0.5) is 0 Å². The van der Waals surface area contributed by atoms with E-state index in [2.05, 4.69) is 48.5 Å². The summed E-state index contributed by atoms with van der Waals surface area (Å²) in [4.78, 5) is 28.3. The van der Waals surface area contributed by atoms with Crippen LogP contribution in [-0.4, -0.2) is 5.12 Å². The Morgan fingerprint density at radius 2 is 1.11 bits per heavy atom. The molecule has 4 heteroatoms. The van der Waals surface area contributed by atoms with Crippen LogP contribution < -0.4 is 5.43 Å². The first-order valence-corrected chi connectivity index (χ1v) is 14.4. The minimum atomic E-state index is -0.378. The zero-order valence-electron chi connectivity index (χ0n) is 20.3. The van der Waals surface area contributed by atoms with E-state index in [4.69, 9.17) is 0 Å². The lowest BCUT2D eigenvalue weighted by atomic mass is 10.0. The third-order valence-corrected chi connectivity index (χ3v) is 10.2. The van der Waals surface area contributed by atoms with E-state index in [1.54, 1.807) is 0 Å². The van der Waals surface area contributed by atoms with Crippen LogP contribution >= 0.6 is 22.2 Å². The number of hydrogen-bond acceptors (Lipinski definition) is 3. The Kier molecular flexibility index (Phi) is 5.58. The van der Waals surface area contributed by atoms with E-state index in [0.717, 1.165) is 40.7 Å². The van der Waals surface area contributed by atoms with Gasteiger partial charge in [0.05, 0.1) is 10.8 Å². The van der Waals surface area contributed by atoms with Gasteiger partial charge in [0.2, 0.25) is 10.5 Å². The van der Waals surface area contributed by atoms with Gasteiger partial charge in [0.15, 0.2) is 14.3 Å². The Morgan fingerprint density at radius 3 is 1.76 bits per heavy atom. The number of carbonyl (C=O) groups excluding carboxylic acids is 1. The van der Waals surface area contributed by atoms with Crippen molar-refractivity contribution in [3.05, 3.63) is 143 Å². The SMILES string of the molecule is O=C(Sc1ccc(-[s+]2c3ccccc3c(=O)c3ccccc32)cc1)c1ccc2cc3ccccc3cc2c1. The molecular weight excluding hydrogens is 505 g/mol. The van der Waals surface area contributed by atoms with Gasteiger partial charge in [0.1, 0.15) is 0 Å². The maximum Gasteiger partial charge on any atom is 0.224 e. The van der Waals surface area contributed by atoms with Crippen molar-refractivity contribution < 1.29 is 4.79 Å². The van der Waals surface area contributed by atoms with E-state index in [1.807, 2.05) is 78.9 Å². The van der Waals surface area contributed by atoms with Crippen LogP contribution in [0.25, 0.3) is 46.6 Å². The number of carbonyl (C=O) groups is 1. The maximum absolute atomic E-state index is 13.2. The van der Waals surface area contributed by atoms with Crippen molar-refractivity contribution in [2.45, 2.75) is 4.90 Å². The minimum absolute atomic E-state index is 0.0224. The fourth-order valence-electron chi connectivity index (χ4n) is 5.06. The van der Waals surface area contributed by atoms with Crippen LogP contribution in [0, 0.1) is 0 Å². The molecule has 7 rings (SSSR count). The van der Waals surface area contributed by atoms with Crippen molar-refractivity contribution in [2.75, 3.05) is 0 Å². The predicted octanol–water partition coefficient (Wildman–Crippen LogP) is 9.33. The topological polar surface area (TPSA) is 34.1 Å². The average Bonchev–Trinajstić information content (AvgIpc) is 2.97. The second kappa shape index (κ2) is 9.25. The summed E-state index contributed by atoms with van der Waals surface area (Å²) in [5.74, 6) is 0. The summed E-state index contributed by atoms with van der Waals surface area (Å²) in [5, 5.41) is 6.12.